The fourth-order valence-corrected chi connectivity index (χ4v) is 2.50. The summed E-state index contributed by atoms with van der Waals surface area (Å²) in [4.78, 5) is 12.7. The Morgan fingerprint density at radius 2 is 1.94 bits per heavy atom. The highest BCUT2D eigenvalue weighted by atomic mass is 32.2. The Morgan fingerprint density at radius 1 is 1.31 bits per heavy atom. The van der Waals surface area contributed by atoms with E-state index in [0.717, 1.165) is 12.8 Å². The number of carbonyl (C=O) groups is 1. The molecule has 0 bridgehead atoms. The van der Waals surface area contributed by atoms with Crippen LogP contribution in [0.15, 0.2) is 29.2 Å². The molecule has 1 fully saturated rings. The van der Waals surface area contributed by atoms with Crippen molar-refractivity contribution >= 4 is 17.5 Å². The van der Waals surface area contributed by atoms with Crippen LogP contribution < -0.4 is 0 Å². The minimum atomic E-state index is 0.391. The average molecular weight is 234 g/mol. The molecule has 1 aliphatic rings. The molecule has 1 aliphatic carbocycles. The lowest BCUT2D eigenvalue weighted by Crippen LogP contribution is -2.02. The van der Waals surface area contributed by atoms with Crippen LogP contribution in [0.2, 0.25) is 0 Å². The average Bonchev–Trinajstić information content (AvgIpc) is 3.10. The maximum atomic E-state index is 11.5. The molecule has 1 nitrogen and oxygen atoms in total. The highest BCUT2D eigenvalue weighted by Crippen LogP contribution is 2.32. The van der Waals surface area contributed by atoms with Gasteiger partial charge in [0.1, 0.15) is 5.78 Å². The van der Waals surface area contributed by atoms with Crippen LogP contribution in [-0.4, -0.2) is 11.5 Å². The SMILES string of the molecule is CC(C)c1ccc(SCC(=O)C2CC2)cc1. The molecule has 1 saturated carbocycles. The second-order valence-corrected chi connectivity index (χ2v) is 5.80. The maximum Gasteiger partial charge on any atom is 0.146 e. The summed E-state index contributed by atoms with van der Waals surface area (Å²) < 4.78 is 0. The third-order valence-corrected chi connectivity index (χ3v) is 3.99. The first-order valence-electron chi connectivity index (χ1n) is 5.92. The van der Waals surface area contributed by atoms with Gasteiger partial charge in [-0.15, -0.1) is 11.8 Å². The highest BCUT2D eigenvalue weighted by molar-refractivity contribution is 8.00. The van der Waals surface area contributed by atoms with Crippen LogP contribution in [0, 0.1) is 5.92 Å². The van der Waals surface area contributed by atoms with Gasteiger partial charge >= 0.3 is 0 Å². The van der Waals surface area contributed by atoms with E-state index in [2.05, 4.69) is 38.1 Å². The van der Waals surface area contributed by atoms with Crippen molar-refractivity contribution in [1.82, 2.24) is 0 Å². The van der Waals surface area contributed by atoms with Gasteiger partial charge in [-0.05, 0) is 36.5 Å². The summed E-state index contributed by atoms with van der Waals surface area (Å²) >= 11 is 1.67. The molecule has 1 aromatic carbocycles. The minimum Gasteiger partial charge on any atom is -0.298 e. The van der Waals surface area contributed by atoms with Crippen LogP contribution in [0.4, 0.5) is 0 Å². The molecule has 16 heavy (non-hydrogen) atoms. The van der Waals surface area contributed by atoms with Gasteiger partial charge in [-0.1, -0.05) is 26.0 Å². The first kappa shape index (κ1) is 11.7. The Labute approximate surface area is 102 Å². The van der Waals surface area contributed by atoms with Crippen LogP contribution in [0.25, 0.3) is 0 Å². The topological polar surface area (TPSA) is 17.1 Å². The third kappa shape index (κ3) is 3.11. The lowest BCUT2D eigenvalue weighted by molar-refractivity contribution is -0.117. The summed E-state index contributed by atoms with van der Waals surface area (Å²) in [6.07, 6.45) is 2.23. The van der Waals surface area contributed by atoms with Crippen molar-refractivity contribution in [1.29, 1.82) is 0 Å². The van der Waals surface area contributed by atoms with Gasteiger partial charge < -0.3 is 0 Å². The summed E-state index contributed by atoms with van der Waals surface area (Å²) in [6.45, 7) is 4.39. The van der Waals surface area contributed by atoms with Crippen LogP contribution in [-0.2, 0) is 4.79 Å². The predicted molar refractivity (Wildman–Crippen MR) is 69.0 cm³/mol. The number of hydrogen-bond acceptors (Lipinski definition) is 2. The monoisotopic (exact) mass is 234 g/mol. The van der Waals surface area contributed by atoms with Crippen molar-refractivity contribution in [2.45, 2.75) is 37.5 Å². The van der Waals surface area contributed by atoms with Gasteiger partial charge in [-0.25, -0.2) is 0 Å². The fourth-order valence-electron chi connectivity index (χ4n) is 1.63. The van der Waals surface area contributed by atoms with Gasteiger partial charge in [0.15, 0.2) is 0 Å². The molecular formula is C14H18OS. The van der Waals surface area contributed by atoms with Gasteiger partial charge in [0, 0.05) is 10.8 Å². The van der Waals surface area contributed by atoms with Crippen molar-refractivity contribution in [3.8, 4) is 0 Å². The van der Waals surface area contributed by atoms with E-state index in [1.165, 1.54) is 10.5 Å². The molecule has 0 saturated heterocycles. The van der Waals surface area contributed by atoms with E-state index in [1.807, 2.05) is 0 Å². The Balaban J connectivity index is 1.87. The van der Waals surface area contributed by atoms with E-state index in [-0.39, 0.29) is 0 Å². The van der Waals surface area contributed by atoms with E-state index in [0.29, 0.717) is 23.4 Å². The van der Waals surface area contributed by atoms with Crippen LogP contribution in [0.1, 0.15) is 38.2 Å². The Kier molecular flexibility index (Phi) is 3.70. The molecule has 0 aliphatic heterocycles. The summed E-state index contributed by atoms with van der Waals surface area (Å²) in [5, 5.41) is 0. The van der Waals surface area contributed by atoms with E-state index in [1.54, 1.807) is 11.8 Å². The first-order valence-corrected chi connectivity index (χ1v) is 6.91. The zero-order chi connectivity index (χ0) is 11.5. The Bertz CT molecular complexity index is 363. The van der Waals surface area contributed by atoms with Crippen molar-refractivity contribution in [2.24, 2.45) is 5.92 Å². The van der Waals surface area contributed by atoms with E-state index >= 15 is 0 Å². The van der Waals surface area contributed by atoms with Gasteiger partial charge in [-0.3, -0.25) is 4.79 Å². The number of thioether (sulfide) groups is 1. The standard InChI is InChI=1S/C14H18OS/c1-10(2)11-5-7-13(8-6-11)16-9-14(15)12-3-4-12/h5-8,10,12H,3-4,9H2,1-2H3. The number of carbonyl (C=O) groups excluding carboxylic acids is 1. The van der Waals surface area contributed by atoms with Crippen LogP contribution in [0.3, 0.4) is 0 Å². The van der Waals surface area contributed by atoms with E-state index < -0.39 is 0 Å². The molecule has 86 valence electrons. The Hall–Kier alpha value is -0.760. The minimum absolute atomic E-state index is 0.391. The molecular weight excluding hydrogens is 216 g/mol. The van der Waals surface area contributed by atoms with Gasteiger partial charge in [0.25, 0.3) is 0 Å². The zero-order valence-corrected chi connectivity index (χ0v) is 10.7. The summed E-state index contributed by atoms with van der Waals surface area (Å²) in [6, 6.07) is 8.57. The molecule has 1 aromatic rings. The number of Topliss-reactive ketones (excluding diaryl/α,β-unsaturated/α-hetero) is 1. The molecule has 0 atom stereocenters. The van der Waals surface area contributed by atoms with E-state index in [9.17, 15) is 4.79 Å². The van der Waals surface area contributed by atoms with Gasteiger partial charge in [-0.2, -0.15) is 0 Å². The first-order chi connectivity index (χ1) is 7.66. The number of benzene rings is 1. The summed E-state index contributed by atoms with van der Waals surface area (Å²) in [7, 11) is 0. The lowest BCUT2D eigenvalue weighted by Gasteiger charge is -2.06. The predicted octanol–water partition coefficient (Wildman–Crippen LogP) is 3.88. The molecule has 0 N–H and O–H groups in total. The van der Waals surface area contributed by atoms with Crippen molar-refractivity contribution in [3.63, 3.8) is 0 Å². The largest absolute Gasteiger partial charge is 0.298 e. The lowest BCUT2D eigenvalue weighted by atomic mass is 10.0. The van der Waals surface area contributed by atoms with E-state index in [4.69, 9.17) is 0 Å². The van der Waals surface area contributed by atoms with Crippen LogP contribution >= 0.6 is 11.8 Å². The second-order valence-electron chi connectivity index (χ2n) is 4.75. The summed E-state index contributed by atoms with van der Waals surface area (Å²) in [5.41, 5.74) is 1.36. The molecule has 0 amide bonds. The van der Waals surface area contributed by atoms with Crippen molar-refractivity contribution in [3.05, 3.63) is 29.8 Å². The van der Waals surface area contributed by atoms with Crippen molar-refractivity contribution in [2.75, 3.05) is 5.75 Å². The molecule has 0 radical (unpaired) electrons. The summed E-state index contributed by atoms with van der Waals surface area (Å²) in [5.74, 6) is 2.04. The Morgan fingerprint density at radius 3 is 2.44 bits per heavy atom. The fraction of sp³-hybridized carbons (Fsp3) is 0.500. The normalized spacial score (nSPS) is 15.4. The zero-order valence-electron chi connectivity index (χ0n) is 9.90. The molecule has 2 heteroatoms. The molecule has 2 rings (SSSR count). The smallest absolute Gasteiger partial charge is 0.146 e. The number of ketones is 1. The number of hydrogen-bond donors (Lipinski definition) is 0. The maximum absolute atomic E-state index is 11.5. The molecule has 0 heterocycles. The number of rotatable bonds is 5. The van der Waals surface area contributed by atoms with Crippen LogP contribution in [0.5, 0.6) is 0 Å². The molecule has 0 spiro atoms. The van der Waals surface area contributed by atoms with Crippen molar-refractivity contribution < 1.29 is 4.79 Å². The molecule has 0 aromatic heterocycles. The molecule has 0 unspecified atom stereocenters. The third-order valence-electron chi connectivity index (χ3n) is 2.96. The highest BCUT2D eigenvalue weighted by Gasteiger charge is 2.28. The second kappa shape index (κ2) is 5.05. The van der Waals surface area contributed by atoms with Gasteiger partial charge in [0.05, 0.1) is 5.75 Å². The quantitative estimate of drug-likeness (QED) is 0.719. The van der Waals surface area contributed by atoms with Gasteiger partial charge in [0.2, 0.25) is 0 Å².